The summed E-state index contributed by atoms with van der Waals surface area (Å²) in [6.07, 6.45) is 1.97. The highest BCUT2D eigenvalue weighted by atomic mass is 35.7. The summed E-state index contributed by atoms with van der Waals surface area (Å²) >= 11 is 0. The van der Waals surface area contributed by atoms with Crippen LogP contribution in [0.15, 0.2) is 91.0 Å². The first-order valence-corrected chi connectivity index (χ1v) is 11.4. The zero-order valence-electron chi connectivity index (χ0n) is 15.3. The lowest BCUT2D eigenvalue weighted by Crippen LogP contribution is -2.59. The van der Waals surface area contributed by atoms with Crippen molar-refractivity contribution in [3.63, 3.8) is 0 Å². The molecule has 1 atom stereocenters. The molecule has 0 fully saturated rings. The molecule has 0 aliphatic rings. The summed E-state index contributed by atoms with van der Waals surface area (Å²) in [6, 6.07) is 30.9. The summed E-state index contributed by atoms with van der Waals surface area (Å²) in [4.78, 5) is 0. The fourth-order valence-corrected chi connectivity index (χ4v) is 4.80. The van der Waals surface area contributed by atoms with Crippen LogP contribution < -0.4 is 14.0 Å². The van der Waals surface area contributed by atoms with Crippen LogP contribution in [0.3, 0.4) is 0 Å². The third-order valence-corrected chi connectivity index (χ3v) is 6.53. The predicted molar refractivity (Wildman–Crippen MR) is 103 cm³/mol. The Hall–Kier alpha value is -1.78. The number of hydrogen-bond acceptors (Lipinski definition) is 4. The topological polar surface area (TPSA) is 78.4 Å². The quantitative estimate of drug-likeness (QED) is 0.304. The smallest absolute Gasteiger partial charge is 0.183 e. The van der Waals surface area contributed by atoms with Crippen molar-refractivity contribution in [3.05, 3.63) is 108 Å². The molecule has 6 heteroatoms. The highest BCUT2D eigenvalue weighted by Crippen LogP contribution is 2.43. The lowest BCUT2D eigenvalue weighted by atomic mass is 9.67. The van der Waals surface area contributed by atoms with Crippen molar-refractivity contribution < 1.29 is 28.3 Å². The molecule has 28 heavy (non-hydrogen) atoms. The minimum absolute atomic E-state index is 0.370. The summed E-state index contributed by atoms with van der Waals surface area (Å²) in [5.41, 5.74) is 3.14. The van der Waals surface area contributed by atoms with Gasteiger partial charge in [-0.15, -0.1) is 0 Å². The summed E-state index contributed by atoms with van der Waals surface area (Å²) in [6.45, 7) is 0. The molecule has 4 nitrogen and oxygen atoms in total. The highest BCUT2D eigenvalue weighted by molar-refractivity contribution is 7.31. The second-order valence-electron chi connectivity index (χ2n) is 6.46. The summed E-state index contributed by atoms with van der Waals surface area (Å²) < 4.78 is 36.3. The summed E-state index contributed by atoms with van der Waals surface area (Å²) in [5.74, 6) is 0. The van der Waals surface area contributed by atoms with E-state index in [1.54, 1.807) is 0 Å². The van der Waals surface area contributed by atoms with Gasteiger partial charge in [-0.25, -0.2) is 0 Å². The first kappa shape index (κ1) is 20.9. The molecule has 0 bridgehead atoms. The maximum atomic E-state index is 10.7. The van der Waals surface area contributed by atoms with Crippen molar-refractivity contribution in [2.45, 2.75) is 18.3 Å². The minimum atomic E-state index is -4.36. The molecular formula is C22H22ClO4P. The van der Waals surface area contributed by atoms with E-state index in [4.69, 9.17) is 0 Å². The molecule has 146 valence electrons. The van der Waals surface area contributed by atoms with E-state index >= 15 is 0 Å². The molecular weight excluding hydrogens is 395 g/mol. The van der Waals surface area contributed by atoms with Gasteiger partial charge in [0.2, 0.25) is 8.81 Å². The standard InChI is InChI=1S/C22H22ClO4P/c24-23(25,26)27-28-18-10-17-22(19-11-4-1-5-12-19,20-13-6-2-7-14-20)21-15-8-3-9-16-21/h1-9,11-16,28H,10,17-18H2. The molecule has 0 heterocycles. The fourth-order valence-electron chi connectivity index (χ4n) is 3.63. The number of hydrogen-bond donors (Lipinski definition) is 0. The Balaban J connectivity index is 1.97. The monoisotopic (exact) mass is 416 g/mol. The molecule has 0 amide bonds. The van der Waals surface area contributed by atoms with Gasteiger partial charge in [-0.1, -0.05) is 91.0 Å². The first-order valence-electron chi connectivity index (χ1n) is 9.01. The molecule has 0 aliphatic carbocycles. The Bertz CT molecular complexity index is 742. The van der Waals surface area contributed by atoms with Gasteiger partial charge in [0.1, 0.15) is 0 Å². The number of halogens is 1. The van der Waals surface area contributed by atoms with Gasteiger partial charge in [0.15, 0.2) is 0 Å². The lowest BCUT2D eigenvalue weighted by molar-refractivity contribution is -1.91. The molecule has 3 aromatic rings. The third kappa shape index (κ3) is 5.18. The van der Waals surface area contributed by atoms with Crippen LogP contribution in [0, 0.1) is 10.2 Å². The molecule has 0 N–H and O–H groups in total. The summed E-state index contributed by atoms with van der Waals surface area (Å²) in [5, 5.41) is 0. The van der Waals surface area contributed by atoms with E-state index in [0.717, 1.165) is 6.42 Å². The number of rotatable bonds is 9. The molecule has 0 radical (unpaired) electrons. The Morgan fingerprint density at radius 2 is 1.07 bits per heavy atom. The number of benzene rings is 3. The largest absolute Gasteiger partial charge is 0.201 e. The summed E-state index contributed by atoms with van der Waals surface area (Å²) in [7, 11) is -4.73. The van der Waals surface area contributed by atoms with E-state index in [2.05, 4.69) is 40.5 Å². The molecule has 0 saturated carbocycles. The van der Waals surface area contributed by atoms with Crippen molar-refractivity contribution in [3.8, 4) is 0 Å². The van der Waals surface area contributed by atoms with E-state index in [-0.39, 0.29) is 14.2 Å². The van der Waals surface area contributed by atoms with Crippen LogP contribution in [0.25, 0.3) is 0 Å². The molecule has 0 aliphatic heterocycles. The van der Waals surface area contributed by atoms with Gasteiger partial charge < -0.3 is 0 Å². The van der Waals surface area contributed by atoms with Crippen LogP contribution in [-0.4, -0.2) is 6.16 Å². The zero-order chi connectivity index (χ0) is 19.9. The Kier molecular flexibility index (Phi) is 7.19. The van der Waals surface area contributed by atoms with E-state index in [1.807, 2.05) is 54.6 Å². The Morgan fingerprint density at radius 1 is 0.679 bits per heavy atom. The maximum Gasteiger partial charge on any atom is 0.201 e. The van der Waals surface area contributed by atoms with E-state index in [9.17, 15) is 14.0 Å². The second kappa shape index (κ2) is 9.62. The van der Waals surface area contributed by atoms with Crippen molar-refractivity contribution >= 4 is 8.81 Å². The molecule has 0 spiro atoms. The van der Waals surface area contributed by atoms with Gasteiger partial charge in [0.05, 0.1) is 14.3 Å². The first-order chi connectivity index (χ1) is 13.5. The van der Waals surface area contributed by atoms with Crippen LogP contribution in [-0.2, 0) is 9.49 Å². The molecule has 3 rings (SSSR count). The van der Waals surface area contributed by atoms with Crippen LogP contribution in [0.2, 0.25) is 0 Å². The van der Waals surface area contributed by atoms with Crippen molar-refractivity contribution in [1.29, 1.82) is 0 Å². The predicted octanol–water partition coefficient (Wildman–Crippen LogP) is 2.31. The average Bonchev–Trinajstić information content (AvgIpc) is 2.72. The van der Waals surface area contributed by atoms with Gasteiger partial charge >= 0.3 is 0 Å². The van der Waals surface area contributed by atoms with Crippen LogP contribution in [0.1, 0.15) is 29.5 Å². The van der Waals surface area contributed by atoms with Crippen molar-refractivity contribution in [2.24, 2.45) is 0 Å². The zero-order valence-corrected chi connectivity index (χ0v) is 17.0. The van der Waals surface area contributed by atoms with Crippen molar-refractivity contribution in [1.82, 2.24) is 0 Å². The maximum absolute atomic E-state index is 10.7. The van der Waals surface area contributed by atoms with Crippen LogP contribution in [0.5, 0.6) is 0 Å². The van der Waals surface area contributed by atoms with E-state index in [1.165, 1.54) is 16.7 Å². The van der Waals surface area contributed by atoms with Crippen LogP contribution >= 0.6 is 8.81 Å². The molecule has 3 aromatic carbocycles. The average molecular weight is 417 g/mol. The Labute approximate surface area is 169 Å². The fraction of sp³-hybridized carbons (Fsp3) is 0.182. The lowest BCUT2D eigenvalue weighted by Gasteiger charge is -2.36. The third-order valence-electron chi connectivity index (χ3n) is 4.78. The van der Waals surface area contributed by atoms with Gasteiger partial charge in [-0.2, -0.15) is 14.0 Å². The highest BCUT2D eigenvalue weighted by Gasteiger charge is 2.35. The molecule has 0 saturated heterocycles. The van der Waals surface area contributed by atoms with Gasteiger partial charge in [0, 0.05) is 11.6 Å². The minimum Gasteiger partial charge on any atom is -0.183 e. The molecule has 1 unspecified atom stereocenters. The van der Waals surface area contributed by atoms with Gasteiger partial charge in [-0.05, 0) is 29.5 Å². The van der Waals surface area contributed by atoms with Crippen LogP contribution in [0.4, 0.5) is 0 Å². The second-order valence-corrected chi connectivity index (χ2v) is 8.62. The molecule has 0 aromatic heterocycles. The van der Waals surface area contributed by atoms with Crippen molar-refractivity contribution in [2.75, 3.05) is 6.16 Å². The SMILES string of the molecule is [O-][Cl+3]([O-])([O-])OPCCCC(c1ccccc1)(c1ccccc1)c1ccccc1. The Morgan fingerprint density at radius 3 is 1.43 bits per heavy atom. The van der Waals surface area contributed by atoms with E-state index in [0.29, 0.717) is 12.6 Å². The van der Waals surface area contributed by atoms with E-state index < -0.39 is 10.2 Å². The van der Waals surface area contributed by atoms with Gasteiger partial charge in [-0.3, -0.25) is 0 Å². The van der Waals surface area contributed by atoms with Gasteiger partial charge in [0.25, 0.3) is 0 Å². The normalized spacial score (nSPS) is 12.5.